The topological polar surface area (TPSA) is 30.0 Å². The van der Waals surface area contributed by atoms with Crippen LogP contribution in [0.5, 0.6) is 0 Å². The number of ketones is 1. The summed E-state index contributed by atoms with van der Waals surface area (Å²) in [6, 6.07) is 1.98. The molecule has 0 aromatic carbocycles. The Balaban J connectivity index is 3.18. The van der Waals surface area contributed by atoms with Crippen LogP contribution in [0.25, 0.3) is 6.08 Å². The zero-order valence-electron chi connectivity index (χ0n) is 9.58. The van der Waals surface area contributed by atoms with Crippen LogP contribution in [0.2, 0.25) is 0 Å². The number of Topliss-reactive ketones (excluding diaryl/α,β-unsaturated/α-hetero) is 1. The monoisotopic (exact) mass is 203 g/mol. The number of nitrogens with zero attached hydrogens (tertiary/aromatic N) is 1. The number of carbonyl (C=O) groups is 1. The molecule has 0 spiro atoms. The van der Waals surface area contributed by atoms with Crippen LogP contribution in [-0.2, 0) is 6.42 Å². The molecular formula is C13H17NO. The van der Waals surface area contributed by atoms with Crippen molar-refractivity contribution in [3.8, 4) is 0 Å². The number of hydrogen-bond donors (Lipinski definition) is 0. The average molecular weight is 203 g/mol. The third-order valence-corrected chi connectivity index (χ3v) is 2.36. The standard InChI is InChI=1S/C13H17NO/c1-5-10-7-11(6-2)12(14-8-10)13(15)9(3)4/h5,7-9H,1,6H2,2-4H3. The fourth-order valence-corrected chi connectivity index (χ4v) is 1.41. The first-order valence-corrected chi connectivity index (χ1v) is 5.25. The Bertz CT molecular complexity index is 380. The largest absolute Gasteiger partial charge is 0.292 e. The van der Waals surface area contributed by atoms with Crippen molar-refractivity contribution in [2.45, 2.75) is 27.2 Å². The molecule has 0 saturated heterocycles. The fourth-order valence-electron chi connectivity index (χ4n) is 1.41. The molecule has 0 N–H and O–H groups in total. The Morgan fingerprint density at radius 3 is 2.73 bits per heavy atom. The van der Waals surface area contributed by atoms with Gasteiger partial charge in [-0.05, 0) is 23.6 Å². The lowest BCUT2D eigenvalue weighted by molar-refractivity contribution is 0.0933. The molecule has 0 aliphatic carbocycles. The summed E-state index contributed by atoms with van der Waals surface area (Å²) >= 11 is 0. The van der Waals surface area contributed by atoms with E-state index in [1.54, 1.807) is 12.3 Å². The maximum atomic E-state index is 11.8. The van der Waals surface area contributed by atoms with Gasteiger partial charge in [0.15, 0.2) is 5.78 Å². The van der Waals surface area contributed by atoms with Gasteiger partial charge in [0.05, 0.1) is 0 Å². The molecule has 0 aliphatic heterocycles. The van der Waals surface area contributed by atoms with E-state index in [4.69, 9.17) is 0 Å². The highest BCUT2D eigenvalue weighted by atomic mass is 16.1. The summed E-state index contributed by atoms with van der Waals surface area (Å²) in [6.45, 7) is 9.51. The maximum absolute atomic E-state index is 11.8. The zero-order valence-corrected chi connectivity index (χ0v) is 9.58. The molecule has 15 heavy (non-hydrogen) atoms. The predicted molar refractivity (Wildman–Crippen MR) is 62.9 cm³/mol. The van der Waals surface area contributed by atoms with Gasteiger partial charge in [-0.2, -0.15) is 0 Å². The average Bonchev–Trinajstić information content (AvgIpc) is 2.27. The third kappa shape index (κ3) is 2.52. The normalized spacial score (nSPS) is 10.4. The van der Waals surface area contributed by atoms with E-state index in [0.717, 1.165) is 17.5 Å². The van der Waals surface area contributed by atoms with Crippen LogP contribution in [0, 0.1) is 5.92 Å². The summed E-state index contributed by atoms with van der Waals surface area (Å²) in [5.74, 6) is 0.111. The smallest absolute Gasteiger partial charge is 0.183 e. The molecule has 0 saturated carbocycles. The minimum atomic E-state index is -0.00242. The summed E-state index contributed by atoms with van der Waals surface area (Å²) in [4.78, 5) is 16.1. The molecule has 80 valence electrons. The van der Waals surface area contributed by atoms with Crippen LogP contribution in [0.15, 0.2) is 18.8 Å². The molecule has 0 unspecified atom stereocenters. The van der Waals surface area contributed by atoms with E-state index in [-0.39, 0.29) is 11.7 Å². The molecule has 1 heterocycles. The summed E-state index contributed by atoms with van der Waals surface area (Å²) in [5, 5.41) is 0. The number of aromatic nitrogens is 1. The second-order valence-corrected chi connectivity index (χ2v) is 3.85. The lowest BCUT2D eigenvalue weighted by Gasteiger charge is -2.08. The van der Waals surface area contributed by atoms with Gasteiger partial charge < -0.3 is 0 Å². The molecule has 1 rings (SSSR count). The highest BCUT2D eigenvalue weighted by Crippen LogP contribution is 2.14. The Hall–Kier alpha value is -1.44. The van der Waals surface area contributed by atoms with Gasteiger partial charge in [-0.3, -0.25) is 9.78 Å². The van der Waals surface area contributed by atoms with Crippen molar-refractivity contribution < 1.29 is 4.79 Å². The molecule has 0 amide bonds. The quantitative estimate of drug-likeness (QED) is 0.704. The lowest BCUT2D eigenvalue weighted by Crippen LogP contribution is -2.12. The van der Waals surface area contributed by atoms with Gasteiger partial charge in [-0.25, -0.2) is 0 Å². The van der Waals surface area contributed by atoms with Gasteiger partial charge >= 0.3 is 0 Å². The van der Waals surface area contributed by atoms with Gasteiger partial charge in [0.1, 0.15) is 5.69 Å². The second kappa shape index (κ2) is 4.87. The lowest BCUT2D eigenvalue weighted by atomic mass is 9.99. The van der Waals surface area contributed by atoms with Crippen molar-refractivity contribution in [2.24, 2.45) is 5.92 Å². The van der Waals surface area contributed by atoms with E-state index in [9.17, 15) is 4.79 Å². The van der Waals surface area contributed by atoms with E-state index in [1.807, 2.05) is 26.8 Å². The van der Waals surface area contributed by atoms with E-state index in [2.05, 4.69) is 11.6 Å². The first-order valence-electron chi connectivity index (χ1n) is 5.25. The molecule has 0 radical (unpaired) electrons. The van der Waals surface area contributed by atoms with Gasteiger partial charge in [-0.1, -0.05) is 33.4 Å². The van der Waals surface area contributed by atoms with Gasteiger partial charge in [0.25, 0.3) is 0 Å². The number of carbonyl (C=O) groups excluding carboxylic acids is 1. The third-order valence-electron chi connectivity index (χ3n) is 2.36. The van der Waals surface area contributed by atoms with Crippen LogP contribution < -0.4 is 0 Å². The van der Waals surface area contributed by atoms with Crippen LogP contribution >= 0.6 is 0 Å². The van der Waals surface area contributed by atoms with E-state index in [0.29, 0.717) is 5.69 Å². The molecule has 0 bridgehead atoms. The van der Waals surface area contributed by atoms with Crippen molar-refractivity contribution in [3.63, 3.8) is 0 Å². The van der Waals surface area contributed by atoms with Gasteiger partial charge in [0.2, 0.25) is 0 Å². The van der Waals surface area contributed by atoms with Crippen LogP contribution in [0.4, 0.5) is 0 Å². The summed E-state index contributed by atoms with van der Waals surface area (Å²) in [7, 11) is 0. The van der Waals surface area contributed by atoms with Crippen LogP contribution in [0.1, 0.15) is 42.4 Å². The summed E-state index contributed by atoms with van der Waals surface area (Å²) < 4.78 is 0. The first kappa shape index (κ1) is 11.6. The molecule has 1 aromatic heterocycles. The van der Waals surface area contributed by atoms with Gasteiger partial charge in [-0.15, -0.1) is 0 Å². The molecule has 1 aromatic rings. The maximum Gasteiger partial charge on any atom is 0.183 e. The Labute approximate surface area is 91.0 Å². The van der Waals surface area contributed by atoms with Crippen molar-refractivity contribution in [1.29, 1.82) is 0 Å². The number of rotatable bonds is 4. The Kier molecular flexibility index (Phi) is 3.78. The van der Waals surface area contributed by atoms with E-state index < -0.39 is 0 Å². The predicted octanol–water partition coefficient (Wildman–Crippen LogP) is 3.13. The number of hydrogen-bond acceptors (Lipinski definition) is 2. The van der Waals surface area contributed by atoms with Crippen molar-refractivity contribution in [3.05, 3.63) is 35.7 Å². The SMILES string of the molecule is C=Cc1cnc(C(=O)C(C)C)c(CC)c1. The van der Waals surface area contributed by atoms with Crippen molar-refractivity contribution in [2.75, 3.05) is 0 Å². The summed E-state index contributed by atoms with van der Waals surface area (Å²) in [5.41, 5.74) is 2.58. The summed E-state index contributed by atoms with van der Waals surface area (Å²) in [6.07, 6.45) is 4.26. The van der Waals surface area contributed by atoms with Crippen LogP contribution in [0.3, 0.4) is 0 Å². The van der Waals surface area contributed by atoms with Crippen molar-refractivity contribution >= 4 is 11.9 Å². The molecule has 2 nitrogen and oxygen atoms in total. The number of aryl methyl sites for hydroxylation is 1. The highest BCUT2D eigenvalue weighted by Gasteiger charge is 2.15. The molecule has 0 atom stereocenters. The fraction of sp³-hybridized carbons (Fsp3) is 0.385. The van der Waals surface area contributed by atoms with Gasteiger partial charge in [0, 0.05) is 12.1 Å². The zero-order chi connectivity index (χ0) is 11.4. The number of pyridine rings is 1. The molecular weight excluding hydrogens is 186 g/mol. The van der Waals surface area contributed by atoms with Crippen molar-refractivity contribution in [1.82, 2.24) is 4.98 Å². The first-order chi connectivity index (χ1) is 7.10. The molecule has 0 aliphatic rings. The molecule has 0 fully saturated rings. The highest BCUT2D eigenvalue weighted by molar-refractivity contribution is 5.97. The Morgan fingerprint density at radius 2 is 2.27 bits per heavy atom. The van der Waals surface area contributed by atoms with E-state index in [1.165, 1.54) is 0 Å². The second-order valence-electron chi connectivity index (χ2n) is 3.85. The van der Waals surface area contributed by atoms with E-state index >= 15 is 0 Å². The minimum absolute atomic E-state index is 0.00242. The molecule has 2 heteroatoms. The minimum Gasteiger partial charge on any atom is -0.292 e. The van der Waals surface area contributed by atoms with Crippen LogP contribution in [-0.4, -0.2) is 10.8 Å². The Morgan fingerprint density at radius 1 is 1.60 bits per heavy atom.